The van der Waals surface area contributed by atoms with Gasteiger partial charge in [-0.05, 0) is 72.6 Å². The summed E-state index contributed by atoms with van der Waals surface area (Å²) < 4.78 is 11.5. The Morgan fingerprint density at radius 3 is 2.21 bits per heavy atom. The van der Waals surface area contributed by atoms with E-state index in [0.717, 1.165) is 37.4 Å². The minimum atomic E-state index is 0.155. The summed E-state index contributed by atoms with van der Waals surface area (Å²) in [4.78, 5) is 0. The fourth-order valence-electron chi connectivity index (χ4n) is 3.54. The Balaban J connectivity index is 1.54. The van der Waals surface area contributed by atoms with E-state index < -0.39 is 0 Å². The van der Waals surface area contributed by atoms with Crippen LogP contribution in [0.5, 0.6) is 11.5 Å². The monoisotopic (exact) mass is 388 g/mol. The summed E-state index contributed by atoms with van der Waals surface area (Å²) in [6.45, 7) is 8.14. The fourth-order valence-corrected chi connectivity index (χ4v) is 3.54. The van der Waals surface area contributed by atoms with Crippen LogP contribution in [0.25, 0.3) is 0 Å². The zero-order valence-electron chi connectivity index (χ0n) is 17.9. The van der Waals surface area contributed by atoms with Crippen LogP contribution < -0.4 is 4.74 Å². The average Bonchev–Trinajstić information content (AvgIpc) is 2.73. The van der Waals surface area contributed by atoms with E-state index >= 15 is 0 Å². The number of hydrogen-bond donors (Lipinski definition) is 0. The summed E-state index contributed by atoms with van der Waals surface area (Å²) in [5.41, 5.74) is 4.10. The lowest BCUT2D eigenvalue weighted by atomic mass is 9.79. The Hall–Kier alpha value is -2.58. The van der Waals surface area contributed by atoms with Crippen molar-refractivity contribution in [3.63, 3.8) is 0 Å². The van der Waals surface area contributed by atoms with Gasteiger partial charge in [0.2, 0.25) is 0 Å². The zero-order valence-corrected chi connectivity index (χ0v) is 17.9. The molecule has 0 unspecified atom stereocenters. The van der Waals surface area contributed by atoms with Crippen molar-refractivity contribution in [2.24, 2.45) is 0 Å². The highest BCUT2D eigenvalue weighted by molar-refractivity contribution is 5.34. The molecule has 0 amide bonds. The maximum Gasteiger partial charge on any atom is 0.127 e. The van der Waals surface area contributed by atoms with E-state index in [1.165, 1.54) is 16.7 Å². The van der Waals surface area contributed by atoms with Gasteiger partial charge in [-0.15, -0.1) is 0 Å². The maximum absolute atomic E-state index is 5.96. The van der Waals surface area contributed by atoms with E-state index in [2.05, 4.69) is 56.3 Å². The summed E-state index contributed by atoms with van der Waals surface area (Å²) >= 11 is 0. The number of aryl methyl sites for hydroxylation is 1. The number of ether oxygens (including phenoxy) is 2. The highest BCUT2D eigenvalue weighted by Crippen LogP contribution is 2.30. The molecule has 152 valence electrons. The molecule has 2 heteroatoms. The van der Waals surface area contributed by atoms with Crippen LogP contribution in [0, 0.1) is 0 Å². The normalized spacial score (nSPS) is 11.4. The molecule has 0 fully saturated rings. The third-order valence-electron chi connectivity index (χ3n) is 5.35. The number of rotatable bonds is 10. The third-order valence-corrected chi connectivity index (χ3v) is 5.35. The van der Waals surface area contributed by atoms with E-state index in [1.54, 1.807) is 0 Å². The summed E-state index contributed by atoms with van der Waals surface area (Å²) in [6.07, 6.45) is 3.34. The van der Waals surface area contributed by atoms with E-state index in [1.807, 2.05) is 43.3 Å². The molecule has 29 heavy (non-hydrogen) atoms. The molecule has 0 aliphatic rings. The molecule has 0 spiro atoms. The zero-order chi connectivity index (χ0) is 20.5. The van der Waals surface area contributed by atoms with Gasteiger partial charge in [-0.3, -0.25) is 0 Å². The first-order chi connectivity index (χ1) is 14.1. The van der Waals surface area contributed by atoms with Crippen molar-refractivity contribution in [2.45, 2.75) is 52.1 Å². The van der Waals surface area contributed by atoms with Crippen molar-refractivity contribution in [2.75, 3.05) is 6.61 Å². The molecule has 0 heterocycles. The Morgan fingerprint density at radius 2 is 1.48 bits per heavy atom. The largest absolute Gasteiger partial charge is 0.457 e. The predicted molar refractivity (Wildman–Crippen MR) is 121 cm³/mol. The lowest BCUT2D eigenvalue weighted by Crippen LogP contribution is -2.17. The molecule has 0 radical (unpaired) electrons. The average molecular weight is 389 g/mol. The smallest absolute Gasteiger partial charge is 0.127 e. The van der Waals surface area contributed by atoms with E-state index in [-0.39, 0.29) is 5.41 Å². The van der Waals surface area contributed by atoms with Gasteiger partial charge in [0, 0.05) is 6.61 Å². The second-order valence-electron chi connectivity index (χ2n) is 8.13. The van der Waals surface area contributed by atoms with Crippen molar-refractivity contribution in [3.8, 4) is 11.5 Å². The van der Waals surface area contributed by atoms with Gasteiger partial charge >= 0.3 is 0 Å². The van der Waals surface area contributed by atoms with Crippen LogP contribution in [0.4, 0.5) is 0 Å². The van der Waals surface area contributed by atoms with Gasteiger partial charge < -0.3 is 9.47 Å². The van der Waals surface area contributed by atoms with Crippen molar-refractivity contribution in [3.05, 3.63) is 95.6 Å². The van der Waals surface area contributed by atoms with Crippen LogP contribution in [0.2, 0.25) is 0 Å². The van der Waals surface area contributed by atoms with Crippen LogP contribution in [-0.2, 0) is 23.2 Å². The van der Waals surface area contributed by atoms with Crippen LogP contribution in [0.15, 0.2) is 78.9 Å². The number of benzene rings is 3. The van der Waals surface area contributed by atoms with Gasteiger partial charge in [0.15, 0.2) is 0 Å². The number of hydrogen-bond acceptors (Lipinski definition) is 2. The maximum atomic E-state index is 5.96. The molecule has 2 nitrogen and oxygen atoms in total. The third kappa shape index (κ3) is 6.47. The minimum absolute atomic E-state index is 0.155. The molecular formula is C27H32O2. The van der Waals surface area contributed by atoms with Gasteiger partial charge in [0.05, 0.1) is 6.61 Å². The molecule has 0 aliphatic carbocycles. The SMILES string of the molecule is CCOCc1ccc(C(C)(C)CCCc2cccc(Oc3ccccc3)c2)cc1. The standard InChI is InChI=1S/C27H32O2/c1-4-28-21-23-15-17-24(18-16-23)27(2,3)19-9-11-22-10-8-14-26(20-22)29-25-12-6-5-7-13-25/h5-8,10,12-18,20H,4,9,11,19,21H2,1-3H3. The summed E-state index contributed by atoms with van der Waals surface area (Å²) in [5.74, 6) is 1.77. The number of para-hydroxylation sites is 1. The minimum Gasteiger partial charge on any atom is -0.457 e. The van der Waals surface area contributed by atoms with Crippen LogP contribution >= 0.6 is 0 Å². The lowest BCUT2D eigenvalue weighted by molar-refractivity contribution is 0.134. The van der Waals surface area contributed by atoms with E-state index in [4.69, 9.17) is 9.47 Å². The summed E-state index contributed by atoms with van der Waals surface area (Å²) in [6, 6.07) is 27.3. The molecule has 0 aromatic heterocycles. The highest BCUT2D eigenvalue weighted by atomic mass is 16.5. The van der Waals surface area contributed by atoms with Crippen molar-refractivity contribution in [1.82, 2.24) is 0 Å². The van der Waals surface area contributed by atoms with E-state index in [9.17, 15) is 0 Å². The second-order valence-corrected chi connectivity index (χ2v) is 8.13. The first-order valence-electron chi connectivity index (χ1n) is 10.6. The lowest BCUT2D eigenvalue weighted by Gasteiger charge is -2.25. The molecule has 3 aromatic rings. The van der Waals surface area contributed by atoms with Gasteiger partial charge in [0.1, 0.15) is 11.5 Å². The molecule has 0 saturated carbocycles. The highest BCUT2D eigenvalue weighted by Gasteiger charge is 2.20. The molecule has 3 rings (SSSR count). The Bertz CT molecular complexity index is 867. The molecule has 0 atom stereocenters. The molecular weight excluding hydrogens is 356 g/mol. The van der Waals surface area contributed by atoms with Gasteiger partial charge in [0.25, 0.3) is 0 Å². The summed E-state index contributed by atoms with van der Waals surface area (Å²) in [7, 11) is 0. The first kappa shape index (κ1) is 21.1. The van der Waals surface area contributed by atoms with Gasteiger partial charge in [-0.1, -0.05) is 68.4 Å². The van der Waals surface area contributed by atoms with Crippen LogP contribution in [0.3, 0.4) is 0 Å². The second kappa shape index (κ2) is 10.3. The molecule has 0 N–H and O–H groups in total. The molecule has 0 aliphatic heterocycles. The summed E-state index contributed by atoms with van der Waals surface area (Å²) in [5, 5.41) is 0. The van der Waals surface area contributed by atoms with Crippen molar-refractivity contribution >= 4 is 0 Å². The quantitative estimate of drug-likeness (QED) is 0.362. The fraction of sp³-hybridized carbons (Fsp3) is 0.333. The van der Waals surface area contributed by atoms with Gasteiger partial charge in [-0.25, -0.2) is 0 Å². The van der Waals surface area contributed by atoms with Gasteiger partial charge in [-0.2, -0.15) is 0 Å². The molecule has 0 saturated heterocycles. The Labute approximate surface area is 175 Å². The first-order valence-corrected chi connectivity index (χ1v) is 10.6. The van der Waals surface area contributed by atoms with Crippen LogP contribution in [0.1, 0.15) is 50.3 Å². The molecule has 3 aromatic carbocycles. The Kier molecular flexibility index (Phi) is 7.48. The van der Waals surface area contributed by atoms with Crippen molar-refractivity contribution < 1.29 is 9.47 Å². The topological polar surface area (TPSA) is 18.5 Å². The van der Waals surface area contributed by atoms with Crippen LogP contribution in [-0.4, -0.2) is 6.61 Å². The Morgan fingerprint density at radius 1 is 0.759 bits per heavy atom. The van der Waals surface area contributed by atoms with Crippen molar-refractivity contribution in [1.29, 1.82) is 0 Å². The van der Waals surface area contributed by atoms with E-state index in [0.29, 0.717) is 6.61 Å². The predicted octanol–water partition coefficient (Wildman–Crippen LogP) is 7.32. The molecule has 0 bridgehead atoms.